The first-order valence-electron chi connectivity index (χ1n) is 8.20. The number of rotatable bonds is 6. The maximum absolute atomic E-state index is 12.6. The van der Waals surface area contributed by atoms with Crippen LogP contribution in [0, 0.1) is 0 Å². The van der Waals surface area contributed by atoms with Gasteiger partial charge in [0.1, 0.15) is 0 Å². The number of hydrogen-bond donors (Lipinski definition) is 2. The number of carbonyl (C=O) groups excluding carboxylic acids is 1. The quantitative estimate of drug-likeness (QED) is 0.789. The van der Waals surface area contributed by atoms with Gasteiger partial charge in [-0.2, -0.15) is 0 Å². The maximum Gasteiger partial charge on any atom is 0.241 e. The second-order valence-corrected chi connectivity index (χ2v) is 9.07. The first-order valence-corrected chi connectivity index (χ1v) is 10.1. The van der Waals surface area contributed by atoms with Crippen molar-refractivity contribution < 1.29 is 13.2 Å². The Morgan fingerprint density at radius 1 is 1.00 bits per heavy atom. The van der Waals surface area contributed by atoms with E-state index in [0.717, 1.165) is 5.56 Å². The minimum atomic E-state index is -3.68. The van der Waals surface area contributed by atoms with Crippen LogP contribution in [-0.2, 0) is 27.8 Å². The molecule has 5 nitrogen and oxygen atoms in total. The van der Waals surface area contributed by atoms with Gasteiger partial charge in [0.05, 0.1) is 11.3 Å². The standard InChI is InChI=1S/C19H23ClN2O3S/c1-19(2,3)22-26(24,25)17-11-7-5-9-15(17)13-21-18(23)12-14-8-4-6-10-16(14)20/h4-11,22H,12-13H2,1-3H3,(H,21,23). The largest absolute Gasteiger partial charge is 0.352 e. The molecule has 140 valence electrons. The van der Waals surface area contributed by atoms with Gasteiger partial charge in [0, 0.05) is 17.1 Å². The molecule has 1 amide bonds. The molecule has 0 radical (unpaired) electrons. The average Bonchev–Trinajstić information content (AvgIpc) is 2.53. The summed E-state index contributed by atoms with van der Waals surface area (Å²) in [7, 11) is -3.68. The van der Waals surface area contributed by atoms with Crippen LogP contribution in [0.5, 0.6) is 0 Å². The molecule has 2 aromatic rings. The third-order valence-corrected chi connectivity index (χ3v) is 5.71. The number of halogens is 1. The molecule has 7 heteroatoms. The molecule has 2 N–H and O–H groups in total. The summed E-state index contributed by atoms with van der Waals surface area (Å²) >= 11 is 6.06. The van der Waals surface area contributed by atoms with Crippen LogP contribution in [0.2, 0.25) is 5.02 Å². The molecule has 26 heavy (non-hydrogen) atoms. The van der Waals surface area contributed by atoms with Gasteiger partial charge in [0.25, 0.3) is 0 Å². The van der Waals surface area contributed by atoms with E-state index in [4.69, 9.17) is 11.6 Å². The highest BCUT2D eigenvalue weighted by molar-refractivity contribution is 7.89. The van der Waals surface area contributed by atoms with Gasteiger partial charge in [-0.3, -0.25) is 4.79 Å². The summed E-state index contributed by atoms with van der Waals surface area (Å²) in [5.74, 6) is -0.228. The van der Waals surface area contributed by atoms with E-state index in [1.54, 1.807) is 57.2 Å². The van der Waals surface area contributed by atoms with Crippen LogP contribution in [0.4, 0.5) is 0 Å². The minimum Gasteiger partial charge on any atom is -0.352 e. The van der Waals surface area contributed by atoms with Crippen molar-refractivity contribution in [3.05, 3.63) is 64.7 Å². The van der Waals surface area contributed by atoms with Gasteiger partial charge in [0.2, 0.25) is 15.9 Å². The van der Waals surface area contributed by atoms with E-state index in [0.29, 0.717) is 10.6 Å². The number of benzene rings is 2. The van der Waals surface area contributed by atoms with E-state index >= 15 is 0 Å². The van der Waals surface area contributed by atoms with Gasteiger partial charge < -0.3 is 5.32 Å². The van der Waals surface area contributed by atoms with Crippen LogP contribution in [-0.4, -0.2) is 19.9 Å². The Bertz CT molecular complexity index is 890. The molecule has 0 saturated heterocycles. The summed E-state index contributed by atoms with van der Waals surface area (Å²) in [5, 5.41) is 3.29. The fourth-order valence-electron chi connectivity index (χ4n) is 2.44. The Morgan fingerprint density at radius 3 is 2.19 bits per heavy atom. The van der Waals surface area contributed by atoms with E-state index < -0.39 is 15.6 Å². The summed E-state index contributed by atoms with van der Waals surface area (Å²) in [4.78, 5) is 12.4. The molecule has 0 atom stereocenters. The lowest BCUT2D eigenvalue weighted by Crippen LogP contribution is -2.41. The zero-order valence-electron chi connectivity index (χ0n) is 15.0. The predicted molar refractivity (Wildman–Crippen MR) is 104 cm³/mol. The summed E-state index contributed by atoms with van der Waals surface area (Å²) in [5.41, 5.74) is 0.651. The second-order valence-electron chi connectivity index (χ2n) is 7.01. The van der Waals surface area contributed by atoms with Crippen LogP contribution in [0.1, 0.15) is 31.9 Å². The molecule has 0 spiro atoms. The van der Waals surface area contributed by atoms with Gasteiger partial charge in [-0.25, -0.2) is 13.1 Å². The van der Waals surface area contributed by atoms with E-state index in [9.17, 15) is 13.2 Å². The first-order chi connectivity index (χ1) is 12.1. The minimum absolute atomic E-state index is 0.116. The van der Waals surface area contributed by atoms with Gasteiger partial charge >= 0.3 is 0 Å². The lowest BCUT2D eigenvalue weighted by Gasteiger charge is -2.21. The number of hydrogen-bond acceptors (Lipinski definition) is 3. The molecule has 0 aliphatic heterocycles. The molecule has 0 aromatic heterocycles. The van der Waals surface area contributed by atoms with Crippen molar-refractivity contribution in [2.24, 2.45) is 0 Å². The lowest BCUT2D eigenvalue weighted by molar-refractivity contribution is -0.120. The van der Waals surface area contributed by atoms with Crippen molar-refractivity contribution >= 4 is 27.5 Å². The van der Waals surface area contributed by atoms with E-state index in [2.05, 4.69) is 10.0 Å². The third kappa shape index (κ3) is 5.83. The zero-order valence-corrected chi connectivity index (χ0v) is 16.6. The smallest absolute Gasteiger partial charge is 0.241 e. The molecule has 0 bridgehead atoms. The summed E-state index contributed by atoms with van der Waals surface area (Å²) in [6, 6.07) is 13.7. The Labute approximate surface area is 159 Å². The molecule has 0 aliphatic rings. The average molecular weight is 395 g/mol. The molecular weight excluding hydrogens is 372 g/mol. The monoisotopic (exact) mass is 394 g/mol. The zero-order chi connectivity index (χ0) is 19.4. The fraction of sp³-hybridized carbons (Fsp3) is 0.316. The number of amides is 1. The molecule has 2 aromatic carbocycles. The Hall–Kier alpha value is -1.89. The summed E-state index contributed by atoms with van der Waals surface area (Å²) < 4.78 is 27.8. The molecule has 0 saturated carbocycles. The Morgan fingerprint density at radius 2 is 1.58 bits per heavy atom. The topological polar surface area (TPSA) is 75.3 Å². The van der Waals surface area contributed by atoms with Gasteiger partial charge in [-0.1, -0.05) is 48.0 Å². The lowest BCUT2D eigenvalue weighted by atomic mass is 10.1. The van der Waals surface area contributed by atoms with Crippen LogP contribution in [0.15, 0.2) is 53.4 Å². The summed E-state index contributed by atoms with van der Waals surface area (Å²) in [6.07, 6.45) is 0.134. The van der Waals surface area contributed by atoms with Gasteiger partial charge in [-0.05, 0) is 44.0 Å². The summed E-state index contributed by atoms with van der Waals surface area (Å²) in [6.45, 7) is 5.44. The molecule has 2 rings (SSSR count). The number of nitrogens with one attached hydrogen (secondary N) is 2. The number of sulfonamides is 1. The molecule has 0 heterocycles. The van der Waals surface area contributed by atoms with Crippen LogP contribution in [0.3, 0.4) is 0 Å². The van der Waals surface area contributed by atoms with Gasteiger partial charge in [-0.15, -0.1) is 0 Å². The van der Waals surface area contributed by atoms with Crippen molar-refractivity contribution in [1.82, 2.24) is 10.0 Å². The maximum atomic E-state index is 12.6. The van der Waals surface area contributed by atoms with E-state index in [-0.39, 0.29) is 23.8 Å². The normalized spacial score (nSPS) is 12.0. The highest BCUT2D eigenvalue weighted by Gasteiger charge is 2.24. The van der Waals surface area contributed by atoms with Crippen LogP contribution >= 0.6 is 11.6 Å². The van der Waals surface area contributed by atoms with Crippen molar-refractivity contribution in [3.8, 4) is 0 Å². The third-order valence-electron chi connectivity index (χ3n) is 3.49. The van der Waals surface area contributed by atoms with Crippen molar-refractivity contribution in [2.75, 3.05) is 0 Å². The molecule has 0 aliphatic carbocycles. The van der Waals surface area contributed by atoms with Crippen molar-refractivity contribution in [2.45, 2.75) is 44.2 Å². The van der Waals surface area contributed by atoms with Crippen LogP contribution < -0.4 is 10.0 Å². The van der Waals surface area contributed by atoms with Crippen molar-refractivity contribution in [3.63, 3.8) is 0 Å². The molecule has 0 unspecified atom stereocenters. The van der Waals surface area contributed by atoms with Gasteiger partial charge in [0.15, 0.2) is 0 Å². The van der Waals surface area contributed by atoms with E-state index in [1.165, 1.54) is 6.07 Å². The molecule has 0 fully saturated rings. The highest BCUT2D eigenvalue weighted by atomic mass is 35.5. The van der Waals surface area contributed by atoms with Crippen molar-refractivity contribution in [1.29, 1.82) is 0 Å². The second kappa shape index (κ2) is 8.20. The SMILES string of the molecule is CC(C)(C)NS(=O)(=O)c1ccccc1CNC(=O)Cc1ccccc1Cl. The number of carbonyl (C=O) groups is 1. The van der Waals surface area contributed by atoms with E-state index in [1.807, 2.05) is 6.07 Å². The first kappa shape index (κ1) is 20.4. The van der Waals surface area contributed by atoms with Crippen LogP contribution in [0.25, 0.3) is 0 Å². The predicted octanol–water partition coefficient (Wildman–Crippen LogP) is 3.28. The molecular formula is C19H23ClN2O3S. The fourth-order valence-corrected chi connectivity index (χ4v) is 4.30. The Balaban J connectivity index is 2.11. The highest BCUT2D eigenvalue weighted by Crippen LogP contribution is 2.18. The Kier molecular flexibility index (Phi) is 6.44.